The van der Waals surface area contributed by atoms with Gasteiger partial charge in [0.1, 0.15) is 16.1 Å². The second kappa shape index (κ2) is 7.74. The maximum Gasteiger partial charge on any atom is 0.196 e. The zero-order chi connectivity index (χ0) is 21.6. The molecule has 5 heteroatoms. The molecule has 0 aliphatic carbocycles. The largest absolute Gasteiger partial charge is 0.598 e. The van der Waals surface area contributed by atoms with Gasteiger partial charge in [0.15, 0.2) is 5.43 Å². The first-order chi connectivity index (χ1) is 13.4. The first-order valence-electron chi connectivity index (χ1n) is 9.75. The van der Waals surface area contributed by atoms with Crippen molar-refractivity contribution in [1.82, 2.24) is 4.72 Å². The van der Waals surface area contributed by atoms with E-state index in [1.807, 2.05) is 64.1 Å². The van der Waals surface area contributed by atoms with Crippen molar-refractivity contribution in [2.45, 2.75) is 52.3 Å². The predicted molar refractivity (Wildman–Crippen MR) is 117 cm³/mol. The van der Waals surface area contributed by atoms with Crippen LogP contribution in [0.3, 0.4) is 0 Å². The SMILES string of the molecule is [2H]C(C)(N[S+]([O-])C(C)(C)C)c1cc(C)cc2c(=O)c(C)c(-c3ccccc3)oc12. The molecule has 1 aromatic heterocycles. The van der Waals surface area contributed by atoms with E-state index in [1.54, 1.807) is 19.9 Å². The lowest BCUT2D eigenvalue weighted by Gasteiger charge is -2.27. The molecule has 0 fully saturated rings. The monoisotopic (exact) mass is 398 g/mol. The minimum atomic E-state index is -1.47. The summed E-state index contributed by atoms with van der Waals surface area (Å²) in [6.45, 7) is 10.8. The Hall–Kier alpha value is -2.08. The van der Waals surface area contributed by atoms with E-state index >= 15 is 0 Å². The lowest BCUT2D eigenvalue weighted by atomic mass is 9.99. The predicted octanol–water partition coefficient (Wildman–Crippen LogP) is 5.19. The van der Waals surface area contributed by atoms with Crippen LogP contribution in [0.4, 0.5) is 0 Å². The van der Waals surface area contributed by atoms with Crippen LogP contribution in [0.5, 0.6) is 0 Å². The minimum Gasteiger partial charge on any atom is -0.598 e. The van der Waals surface area contributed by atoms with E-state index in [0.29, 0.717) is 27.9 Å². The van der Waals surface area contributed by atoms with Gasteiger partial charge in [-0.2, -0.15) is 0 Å². The topological polar surface area (TPSA) is 65.3 Å². The van der Waals surface area contributed by atoms with E-state index < -0.39 is 22.1 Å². The summed E-state index contributed by atoms with van der Waals surface area (Å²) >= 11 is -1.47. The van der Waals surface area contributed by atoms with Crippen molar-refractivity contribution >= 4 is 22.3 Å². The first-order valence-corrected chi connectivity index (χ1v) is 10.4. The average molecular weight is 399 g/mol. The molecule has 2 unspecified atom stereocenters. The van der Waals surface area contributed by atoms with Crippen molar-refractivity contribution in [1.29, 1.82) is 0 Å². The highest BCUT2D eigenvalue weighted by Gasteiger charge is 2.29. The summed E-state index contributed by atoms with van der Waals surface area (Å²) in [5.41, 5.74) is 2.88. The summed E-state index contributed by atoms with van der Waals surface area (Å²) in [6.07, 6.45) is 0. The summed E-state index contributed by atoms with van der Waals surface area (Å²) < 4.78 is 30.2. The van der Waals surface area contributed by atoms with Gasteiger partial charge in [-0.15, -0.1) is 4.72 Å². The molecule has 2 atom stereocenters. The maximum atomic E-state index is 13.1. The molecule has 1 heterocycles. The number of hydrogen-bond donors (Lipinski definition) is 1. The zero-order valence-corrected chi connectivity index (χ0v) is 18.0. The van der Waals surface area contributed by atoms with Crippen LogP contribution in [0.15, 0.2) is 51.7 Å². The summed E-state index contributed by atoms with van der Waals surface area (Å²) in [4.78, 5) is 13.1. The molecule has 0 aliphatic rings. The van der Waals surface area contributed by atoms with Gasteiger partial charge in [0.05, 0.1) is 12.8 Å². The van der Waals surface area contributed by atoms with Crippen LogP contribution < -0.4 is 10.2 Å². The van der Waals surface area contributed by atoms with E-state index in [2.05, 4.69) is 4.72 Å². The molecule has 0 saturated heterocycles. The van der Waals surface area contributed by atoms with Crippen LogP contribution in [0.1, 0.15) is 51.8 Å². The van der Waals surface area contributed by atoms with Crippen molar-refractivity contribution in [3.8, 4) is 11.3 Å². The Bertz CT molecular complexity index is 1100. The van der Waals surface area contributed by atoms with Crippen LogP contribution in [0, 0.1) is 13.8 Å². The molecule has 148 valence electrons. The van der Waals surface area contributed by atoms with Gasteiger partial charge in [-0.05, 0) is 53.2 Å². The van der Waals surface area contributed by atoms with E-state index in [9.17, 15) is 9.35 Å². The molecule has 0 spiro atoms. The highest BCUT2D eigenvalue weighted by Crippen LogP contribution is 2.31. The number of hydrogen-bond acceptors (Lipinski definition) is 4. The summed E-state index contributed by atoms with van der Waals surface area (Å²) in [5, 5.41) is 0.430. The van der Waals surface area contributed by atoms with Crippen LogP contribution in [0.25, 0.3) is 22.3 Å². The van der Waals surface area contributed by atoms with Gasteiger partial charge >= 0.3 is 0 Å². The van der Waals surface area contributed by atoms with Gasteiger partial charge in [0.25, 0.3) is 0 Å². The van der Waals surface area contributed by atoms with Crippen molar-refractivity contribution < 1.29 is 10.3 Å². The summed E-state index contributed by atoms with van der Waals surface area (Å²) in [5.74, 6) is 0.487. The van der Waals surface area contributed by atoms with Crippen molar-refractivity contribution in [2.24, 2.45) is 0 Å². The Morgan fingerprint density at radius 2 is 1.82 bits per heavy atom. The smallest absolute Gasteiger partial charge is 0.196 e. The lowest BCUT2D eigenvalue weighted by molar-refractivity contribution is 0.529. The second-order valence-corrected chi connectivity index (χ2v) is 10.0. The zero-order valence-electron chi connectivity index (χ0n) is 18.2. The highest BCUT2D eigenvalue weighted by atomic mass is 32.2. The third kappa shape index (κ3) is 4.02. The molecule has 1 N–H and O–H groups in total. The average Bonchev–Trinajstić information content (AvgIpc) is 2.64. The Kier molecular flexibility index (Phi) is 5.32. The maximum absolute atomic E-state index is 13.1. The van der Waals surface area contributed by atoms with Crippen molar-refractivity contribution in [3.63, 3.8) is 0 Å². The standard InChI is InChI=1S/C23H27NO3S/c1-14-12-18(16(3)24-28(26)23(4,5)6)22-19(13-14)20(25)15(2)21(27-22)17-10-8-7-9-11-17/h7-13,16,24H,1-6H3/i16D. The van der Waals surface area contributed by atoms with Gasteiger partial charge < -0.3 is 8.97 Å². The fourth-order valence-corrected chi connectivity index (χ4v) is 3.72. The minimum absolute atomic E-state index is 0.122. The molecule has 0 radical (unpaired) electrons. The molecule has 3 rings (SSSR count). The molecule has 3 aromatic rings. The quantitative estimate of drug-likeness (QED) is 0.614. The van der Waals surface area contributed by atoms with Gasteiger partial charge in [0, 0.05) is 28.1 Å². The Morgan fingerprint density at radius 3 is 2.43 bits per heavy atom. The lowest BCUT2D eigenvalue weighted by Crippen LogP contribution is -2.40. The van der Waals surface area contributed by atoms with Gasteiger partial charge in [-0.25, -0.2) is 0 Å². The van der Waals surface area contributed by atoms with Crippen LogP contribution in [-0.4, -0.2) is 9.30 Å². The van der Waals surface area contributed by atoms with Crippen LogP contribution >= 0.6 is 0 Å². The van der Waals surface area contributed by atoms with Gasteiger partial charge in [-0.1, -0.05) is 36.4 Å². The fraction of sp³-hybridized carbons (Fsp3) is 0.348. The van der Waals surface area contributed by atoms with E-state index in [-0.39, 0.29) is 5.43 Å². The number of nitrogens with one attached hydrogen (secondary N) is 1. The van der Waals surface area contributed by atoms with Gasteiger partial charge in [0.2, 0.25) is 0 Å². The van der Waals surface area contributed by atoms with Crippen LogP contribution in [-0.2, 0) is 11.4 Å². The first kappa shape index (κ1) is 19.2. The number of rotatable bonds is 4. The molecule has 0 bridgehead atoms. The van der Waals surface area contributed by atoms with E-state index in [4.69, 9.17) is 5.79 Å². The Balaban J connectivity index is 2.28. The highest BCUT2D eigenvalue weighted by molar-refractivity contribution is 7.90. The Morgan fingerprint density at radius 1 is 1.18 bits per heavy atom. The fourth-order valence-electron chi connectivity index (χ4n) is 3.03. The van der Waals surface area contributed by atoms with Crippen molar-refractivity contribution in [3.05, 3.63) is 69.4 Å². The normalized spacial score (nSPS) is 15.9. The molecular weight excluding hydrogens is 370 g/mol. The van der Waals surface area contributed by atoms with Crippen molar-refractivity contribution in [2.75, 3.05) is 0 Å². The molecule has 4 nitrogen and oxygen atoms in total. The third-order valence-corrected chi connectivity index (χ3v) is 6.21. The molecule has 2 aromatic carbocycles. The third-order valence-electron chi connectivity index (χ3n) is 4.61. The number of aryl methyl sites for hydroxylation is 1. The molecule has 0 aliphatic heterocycles. The van der Waals surface area contributed by atoms with E-state index in [1.165, 1.54) is 0 Å². The number of benzene rings is 2. The molecule has 0 saturated carbocycles. The molecule has 0 amide bonds. The van der Waals surface area contributed by atoms with E-state index in [0.717, 1.165) is 11.1 Å². The molecule has 28 heavy (non-hydrogen) atoms. The second-order valence-electron chi connectivity index (χ2n) is 8.05. The van der Waals surface area contributed by atoms with Crippen LogP contribution in [0.2, 0.25) is 0 Å². The summed E-state index contributed by atoms with van der Waals surface area (Å²) in [7, 11) is 0. The van der Waals surface area contributed by atoms with Gasteiger partial charge in [-0.3, -0.25) is 4.79 Å². The Labute approximate surface area is 170 Å². The summed E-state index contributed by atoms with van der Waals surface area (Å²) in [6, 6.07) is 11.6. The number of fused-ring (bicyclic) bond motifs is 1. The molecular formula is C23H27NO3S.